The zero-order valence-corrected chi connectivity index (χ0v) is 8.11. The summed E-state index contributed by atoms with van der Waals surface area (Å²) in [4.78, 5) is 10.8. The number of phenolic OH excluding ortho intramolecular Hbond substituents is 1. The summed E-state index contributed by atoms with van der Waals surface area (Å²) in [5.74, 6) is -2.11. The lowest BCUT2D eigenvalue weighted by molar-refractivity contribution is -0.142. The number of aromatic hydroxyl groups is 1. The molecule has 0 aliphatic carbocycles. The Balaban J connectivity index is 2.86. The van der Waals surface area contributed by atoms with Crippen LogP contribution in [0.25, 0.3) is 0 Å². The van der Waals surface area contributed by atoms with E-state index in [4.69, 9.17) is 0 Å². The van der Waals surface area contributed by atoms with Crippen molar-refractivity contribution in [2.24, 2.45) is 0 Å². The zero-order valence-electron chi connectivity index (χ0n) is 8.11. The molecule has 5 heteroatoms. The molecule has 1 aromatic carbocycles. The van der Waals surface area contributed by atoms with Crippen LogP contribution in [0.2, 0.25) is 0 Å². The van der Waals surface area contributed by atoms with Crippen LogP contribution < -0.4 is 0 Å². The van der Waals surface area contributed by atoms with E-state index < -0.39 is 23.6 Å². The number of phenols is 1. The standard InChI is InChI=1S/C10H11FO4/c1-15-9(13)5-8(12)6-3-2-4-7(11)10(6)14/h2-4,8,12,14H,5H2,1H3. The van der Waals surface area contributed by atoms with Crippen LogP contribution in [0, 0.1) is 5.82 Å². The van der Waals surface area contributed by atoms with Gasteiger partial charge in [-0.2, -0.15) is 0 Å². The predicted octanol–water partition coefficient (Wildman–Crippen LogP) is 1.13. The molecule has 15 heavy (non-hydrogen) atoms. The molecule has 1 unspecified atom stereocenters. The molecule has 0 amide bonds. The highest BCUT2D eigenvalue weighted by molar-refractivity contribution is 5.70. The van der Waals surface area contributed by atoms with Gasteiger partial charge in [-0.15, -0.1) is 0 Å². The van der Waals surface area contributed by atoms with E-state index in [0.717, 1.165) is 6.07 Å². The van der Waals surface area contributed by atoms with Gasteiger partial charge in [0.15, 0.2) is 11.6 Å². The van der Waals surface area contributed by atoms with E-state index in [0.29, 0.717) is 0 Å². The average Bonchev–Trinajstić information content (AvgIpc) is 2.21. The first-order valence-electron chi connectivity index (χ1n) is 4.28. The summed E-state index contributed by atoms with van der Waals surface area (Å²) < 4.78 is 17.2. The molecule has 0 fully saturated rings. The maximum Gasteiger partial charge on any atom is 0.308 e. The van der Waals surface area contributed by atoms with Crippen molar-refractivity contribution in [3.05, 3.63) is 29.6 Å². The third kappa shape index (κ3) is 2.66. The largest absolute Gasteiger partial charge is 0.505 e. The molecule has 0 saturated heterocycles. The van der Waals surface area contributed by atoms with Gasteiger partial charge in [-0.25, -0.2) is 4.39 Å². The number of aliphatic hydroxyl groups excluding tert-OH is 1. The van der Waals surface area contributed by atoms with Crippen molar-refractivity contribution in [1.29, 1.82) is 0 Å². The van der Waals surface area contributed by atoms with Gasteiger partial charge in [0.1, 0.15) is 0 Å². The molecule has 82 valence electrons. The smallest absolute Gasteiger partial charge is 0.308 e. The highest BCUT2D eigenvalue weighted by Gasteiger charge is 2.18. The Hall–Kier alpha value is -1.62. The summed E-state index contributed by atoms with van der Waals surface area (Å²) in [6, 6.07) is 3.74. The van der Waals surface area contributed by atoms with Gasteiger partial charge < -0.3 is 14.9 Å². The minimum absolute atomic E-state index is 0.0274. The van der Waals surface area contributed by atoms with Gasteiger partial charge in [-0.1, -0.05) is 12.1 Å². The second kappa shape index (κ2) is 4.75. The Kier molecular flexibility index (Phi) is 3.62. The predicted molar refractivity (Wildman–Crippen MR) is 49.7 cm³/mol. The van der Waals surface area contributed by atoms with Crippen molar-refractivity contribution >= 4 is 5.97 Å². The van der Waals surface area contributed by atoms with Crippen LogP contribution in [0.4, 0.5) is 4.39 Å². The molecule has 0 aromatic heterocycles. The maximum absolute atomic E-state index is 12.9. The van der Waals surface area contributed by atoms with Crippen LogP contribution in [-0.2, 0) is 9.53 Å². The Labute approximate surface area is 85.9 Å². The lowest BCUT2D eigenvalue weighted by Gasteiger charge is -2.11. The van der Waals surface area contributed by atoms with Crippen molar-refractivity contribution in [1.82, 2.24) is 0 Å². The summed E-state index contributed by atoms with van der Waals surface area (Å²) in [5.41, 5.74) is -0.0274. The number of rotatable bonds is 3. The maximum atomic E-state index is 12.9. The highest BCUT2D eigenvalue weighted by atomic mass is 19.1. The lowest BCUT2D eigenvalue weighted by Crippen LogP contribution is -2.08. The number of carbonyl (C=O) groups excluding carboxylic acids is 1. The zero-order chi connectivity index (χ0) is 11.4. The number of halogens is 1. The van der Waals surface area contributed by atoms with Gasteiger partial charge in [-0.3, -0.25) is 4.79 Å². The second-order valence-corrected chi connectivity index (χ2v) is 2.97. The van der Waals surface area contributed by atoms with Crippen molar-refractivity contribution < 1.29 is 24.1 Å². The minimum atomic E-state index is -1.27. The van der Waals surface area contributed by atoms with Crippen LogP contribution in [0.3, 0.4) is 0 Å². The molecule has 0 heterocycles. The number of benzene rings is 1. The van der Waals surface area contributed by atoms with E-state index in [2.05, 4.69) is 4.74 Å². The van der Waals surface area contributed by atoms with E-state index in [1.165, 1.54) is 19.2 Å². The molecule has 0 aliphatic heterocycles. The number of para-hydroxylation sites is 1. The molecule has 0 spiro atoms. The molecule has 0 saturated carbocycles. The Morgan fingerprint density at radius 1 is 1.60 bits per heavy atom. The Bertz CT molecular complexity index is 364. The van der Waals surface area contributed by atoms with Crippen LogP contribution in [0.5, 0.6) is 5.75 Å². The molecule has 1 aromatic rings. The number of ether oxygens (including phenoxy) is 1. The molecule has 0 bridgehead atoms. The molecular formula is C10H11FO4. The SMILES string of the molecule is COC(=O)CC(O)c1cccc(F)c1O. The summed E-state index contributed by atoms with van der Waals surface area (Å²) in [6.45, 7) is 0. The quantitative estimate of drug-likeness (QED) is 0.740. The van der Waals surface area contributed by atoms with E-state index in [-0.39, 0.29) is 12.0 Å². The van der Waals surface area contributed by atoms with E-state index in [1.54, 1.807) is 0 Å². The van der Waals surface area contributed by atoms with Crippen molar-refractivity contribution in [2.75, 3.05) is 7.11 Å². The molecule has 4 nitrogen and oxygen atoms in total. The molecule has 1 rings (SSSR count). The van der Waals surface area contributed by atoms with E-state index >= 15 is 0 Å². The third-order valence-corrected chi connectivity index (χ3v) is 1.96. The Morgan fingerprint density at radius 3 is 2.87 bits per heavy atom. The monoisotopic (exact) mass is 214 g/mol. The molecule has 0 aliphatic rings. The summed E-state index contributed by atoms with van der Waals surface area (Å²) in [5, 5.41) is 18.8. The summed E-state index contributed by atoms with van der Waals surface area (Å²) in [6.07, 6.45) is -1.60. The van der Waals surface area contributed by atoms with Gasteiger partial charge in [0.25, 0.3) is 0 Å². The van der Waals surface area contributed by atoms with E-state index in [9.17, 15) is 19.4 Å². The summed E-state index contributed by atoms with van der Waals surface area (Å²) in [7, 11) is 1.18. The van der Waals surface area contributed by atoms with Crippen molar-refractivity contribution in [3.8, 4) is 5.75 Å². The number of esters is 1. The van der Waals surface area contributed by atoms with Crippen LogP contribution in [0.1, 0.15) is 18.1 Å². The third-order valence-electron chi connectivity index (χ3n) is 1.96. The fraction of sp³-hybridized carbons (Fsp3) is 0.300. The van der Waals surface area contributed by atoms with Gasteiger partial charge in [0.2, 0.25) is 0 Å². The van der Waals surface area contributed by atoms with E-state index in [1.807, 2.05) is 0 Å². The van der Waals surface area contributed by atoms with Gasteiger partial charge in [0, 0.05) is 5.56 Å². The highest BCUT2D eigenvalue weighted by Crippen LogP contribution is 2.28. The molecule has 1 atom stereocenters. The molecule has 2 N–H and O–H groups in total. The Morgan fingerprint density at radius 2 is 2.27 bits per heavy atom. The van der Waals surface area contributed by atoms with Gasteiger partial charge in [-0.05, 0) is 6.07 Å². The van der Waals surface area contributed by atoms with Crippen LogP contribution in [-0.4, -0.2) is 23.3 Å². The fourth-order valence-electron chi connectivity index (χ4n) is 1.15. The van der Waals surface area contributed by atoms with Crippen molar-refractivity contribution in [3.63, 3.8) is 0 Å². The average molecular weight is 214 g/mol. The molecular weight excluding hydrogens is 203 g/mol. The number of hydrogen-bond donors (Lipinski definition) is 2. The molecule has 0 radical (unpaired) electrons. The number of methoxy groups -OCH3 is 1. The number of hydrogen-bond acceptors (Lipinski definition) is 4. The first-order chi connectivity index (χ1) is 7.06. The van der Waals surface area contributed by atoms with Crippen LogP contribution in [0.15, 0.2) is 18.2 Å². The van der Waals surface area contributed by atoms with Crippen LogP contribution >= 0.6 is 0 Å². The summed E-state index contributed by atoms with van der Waals surface area (Å²) >= 11 is 0. The van der Waals surface area contributed by atoms with Gasteiger partial charge >= 0.3 is 5.97 Å². The minimum Gasteiger partial charge on any atom is -0.505 e. The van der Waals surface area contributed by atoms with Crippen molar-refractivity contribution in [2.45, 2.75) is 12.5 Å². The number of carbonyl (C=O) groups is 1. The first-order valence-corrected chi connectivity index (χ1v) is 4.28. The first kappa shape index (κ1) is 11.5. The topological polar surface area (TPSA) is 66.8 Å². The fourth-order valence-corrected chi connectivity index (χ4v) is 1.15. The lowest BCUT2D eigenvalue weighted by atomic mass is 10.1. The number of aliphatic hydroxyl groups is 1. The second-order valence-electron chi connectivity index (χ2n) is 2.97. The van der Waals surface area contributed by atoms with Gasteiger partial charge in [0.05, 0.1) is 19.6 Å². The normalized spacial score (nSPS) is 12.2.